The zero-order valence-corrected chi connectivity index (χ0v) is 16.3. The molecular weight excluding hydrogens is 367 g/mol. The van der Waals surface area contributed by atoms with E-state index in [9.17, 15) is 4.39 Å². The van der Waals surface area contributed by atoms with Crippen LogP contribution in [-0.2, 0) is 6.54 Å². The van der Waals surface area contributed by atoms with E-state index >= 15 is 0 Å². The van der Waals surface area contributed by atoms with Crippen LogP contribution >= 0.6 is 0 Å². The van der Waals surface area contributed by atoms with Gasteiger partial charge in [0.05, 0.1) is 5.56 Å². The Balaban J connectivity index is 1.60. The third-order valence-corrected chi connectivity index (χ3v) is 5.47. The van der Waals surface area contributed by atoms with Gasteiger partial charge in [-0.1, -0.05) is 30.3 Å². The standard InChI is InChI=1S/C22H21FN6/c1-15-13-27(2)19-10-6-3-7-16(19)14-28(15)21-12-11-20-24-25-22(29(20)26-21)17-8-4-5-9-18(17)23/h3-12,15H,13-14H2,1-2H3. The van der Waals surface area contributed by atoms with Crippen LogP contribution in [0, 0.1) is 5.82 Å². The molecule has 29 heavy (non-hydrogen) atoms. The highest BCUT2D eigenvalue weighted by Crippen LogP contribution is 2.29. The van der Waals surface area contributed by atoms with Gasteiger partial charge in [-0.3, -0.25) is 0 Å². The Morgan fingerprint density at radius 2 is 1.76 bits per heavy atom. The van der Waals surface area contributed by atoms with Crippen LogP contribution in [0.1, 0.15) is 12.5 Å². The van der Waals surface area contributed by atoms with Crippen molar-refractivity contribution in [1.82, 2.24) is 19.8 Å². The largest absolute Gasteiger partial charge is 0.372 e. The van der Waals surface area contributed by atoms with E-state index in [-0.39, 0.29) is 11.9 Å². The average molecular weight is 388 g/mol. The fourth-order valence-corrected chi connectivity index (χ4v) is 4.00. The van der Waals surface area contributed by atoms with Gasteiger partial charge in [0, 0.05) is 31.9 Å². The average Bonchev–Trinajstić information content (AvgIpc) is 3.10. The lowest BCUT2D eigenvalue weighted by molar-refractivity contribution is 0.625. The maximum absolute atomic E-state index is 14.3. The van der Waals surface area contributed by atoms with E-state index in [1.54, 1.807) is 22.7 Å². The molecule has 0 radical (unpaired) electrons. The van der Waals surface area contributed by atoms with Gasteiger partial charge in [-0.2, -0.15) is 4.52 Å². The number of rotatable bonds is 2. The van der Waals surface area contributed by atoms with Gasteiger partial charge in [0.25, 0.3) is 0 Å². The topological polar surface area (TPSA) is 49.6 Å². The number of hydrogen-bond donors (Lipinski definition) is 0. The smallest absolute Gasteiger partial charge is 0.188 e. The van der Waals surface area contributed by atoms with Crippen LogP contribution in [0.25, 0.3) is 17.0 Å². The van der Waals surface area contributed by atoms with Crippen molar-refractivity contribution in [2.24, 2.45) is 0 Å². The van der Waals surface area contributed by atoms with Gasteiger partial charge in [-0.05, 0) is 42.8 Å². The number of halogens is 1. The summed E-state index contributed by atoms with van der Waals surface area (Å²) in [4.78, 5) is 4.55. The summed E-state index contributed by atoms with van der Waals surface area (Å²) in [6.45, 7) is 3.81. The molecule has 3 heterocycles. The first-order valence-corrected chi connectivity index (χ1v) is 9.65. The van der Waals surface area contributed by atoms with Gasteiger partial charge in [-0.15, -0.1) is 15.3 Å². The quantitative estimate of drug-likeness (QED) is 0.523. The molecule has 0 fully saturated rings. The normalized spacial score (nSPS) is 16.7. The van der Waals surface area contributed by atoms with Crippen molar-refractivity contribution in [3.05, 3.63) is 72.0 Å². The minimum Gasteiger partial charge on any atom is -0.372 e. The van der Waals surface area contributed by atoms with Crippen LogP contribution in [0.4, 0.5) is 15.9 Å². The Morgan fingerprint density at radius 3 is 2.62 bits per heavy atom. The predicted octanol–water partition coefficient (Wildman–Crippen LogP) is 3.78. The van der Waals surface area contributed by atoms with Crippen molar-refractivity contribution in [3.63, 3.8) is 0 Å². The molecule has 1 unspecified atom stereocenters. The van der Waals surface area contributed by atoms with E-state index in [0.717, 1.165) is 18.9 Å². The number of hydrogen-bond acceptors (Lipinski definition) is 5. The van der Waals surface area contributed by atoms with Crippen LogP contribution < -0.4 is 9.80 Å². The highest BCUT2D eigenvalue weighted by Gasteiger charge is 2.25. The van der Waals surface area contributed by atoms with Crippen LogP contribution in [-0.4, -0.2) is 39.4 Å². The first kappa shape index (κ1) is 17.6. The van der Waals surface area contributed by atoms with Crippen molar-refractivity contribution in [3.8, 4) is 11.4 Å². The minimum atomic E-state index is -0.340. The lowest BCUT2D eigenvalue weighted by Gasteiger charge is -2.29. The second-order valence-corrected chi connectivity index (χ2v) is 7.45. The Labute approximate surface area is 168 Å². The highest BCUT2D eigenvalue weighted by molar-refractivity contribution is 5.61. The van der Waals surface area contributed by atoms with Crippen LogP contribution in [0.2, 0.25) is 0 Å². The van der Waals surface area contributed by atoms with E-state index in [1.807, 2.05) is 12.1 Å². The maximum Gasteiger partial charge on any atom is 0.188 e. The van der Waals surface area contributed by atoms with Crippen LogP contribution in [0.5, 0.6) is 0 Å². The first-order chi connectivity index (χ1) is 14.1. The van der Waals surface area contributed by atoms with Gasteiger partial charge < -0.3 is 9.80 Å². The Bertz CT molecular complexity index is 1190. The molecule has 2 aromatic heterocycles. The summed E-state index contributed by atoms with van der Waals surface area (Å²) in [5.74, 6) is 0.875. The molecule has 1 atom stereocenters. The zero-order chi connectivity index (χ0) is 20.0. The Morgan fingerprint density at radius 1 is 0.966 bits per heavy atom. The van der Waals surface area contributed by atoms with Crippen molar-refractivity contribution in [1.29, 1.82) is 0 Å². The molecule has 2 aromatic carbocycles. The minimum absolute atomic E-state index is 0.241. The monoisotopic (exact) mass is 388 g/mol. The van der Waals surface area contributed by atoms with Crippen molar-refractivity contribution in [2.45, 2.75) is 19.5 Å². The SMILES string of the molecule is CC1CN(C)c2ccccc2CN1c1ccc2nnc(-c3ccccc3F)n2n1. The van der Waals surface area contributed by atoms with Crippen molar-refractivity contribution in [2.75, 3.05) is 23.4 Å². The highest BCUT2D eigenvalue weighted by atomic mass is 19.1. The molecule has 0 N–H and O–H groups in total. The predicted molar refractivity (Wildman–Crippen MR) is 112 cm³/mol. The molecule has 0 amide bonds. The number of likely N-dealkylation sites (N-methyl/N-ethyl adjacent to an activating group) is 1. The molecule has 1 aliphatic rings. The summed E-state index contributed by atoms with van der Waals surface area (Å²) in [5.41, 5.74) is 3.46. The summed E-state index contributed by atoms with van der Waals surface area (Å²) < 4.78 is 16.0. The van der Waals surface area contributed by atoms with Crippen molar-refractivity contribution < 1.29 is 4.39 Å². The van der Waals surface area contributed by atoms with Gasteiger partial charge in [0.2, 0.25) is 0 Å². The second-order valence-electron chi connectivity index (χ2n) is 7.45. The molecule has 0 bridgehead atoms. The fourth-order valence-electron chi connectivity index (χ4n) is 4.00. The summed E-state index contributed by atoms with van der Waals surface area (Å²) >= 11 is 0. The third kappa shape index (κ3) is 2.99. The maximum atomic E-state index is 14.3. The number of benzene rings is 2. The van der Waals surface area contributed by atoms with Gasteiger partial charge in [0.1, 0.15) is 11.6 Å². The number of fused-ring (bicyclic) bond motifs is 2. The van der Waals surface area contributed by atoms with E-state index in [1.165, 1.54) is 17.3 Å². The van der Waals surface area contributed by atoms with Gasteiger partial charge in [0.15, 0.2) is 11.5 Å². The summed E-state index contributed by atoms with van der Waals surface area (Å²) in [5, 5.41) is 13.1. The molecular formula is C22H21FN6. The fraction of sp³-hybridized carbons (Fsp3) is 0.227. The van der Waals surface area contributed by atoms with Crippen LogP contribution in [0.15, 0.2) is 60.7 Å². The Hall–Kier alpha value is -3.48. The molecule has 146 valence electrons. The zero-order valence-electron chi connectivity index (χ0n) is 16.3. The van der Waals surface area contributed by atoms with E-state index in [2.05, 4.69) is 58.2 Å². The van der Waals surface area contributed by atoms with Gasteiger partial charge in [-0.25, -0.2) is 4.39 Å². The van der Waals surface area contributed by atoms with Gasteiger partial charge >= 0.3 is 0 Å². The number of nitrogens with zero attached hydrogens (tertiary/aromatic N) is 6. The Kier molecular flexibility index (Phi) is 4.16. The molecule has 0 spiro atoms. The molecule has 1 aliphatic heterocycles. The number of para-hydroxylation sites is 1. The molecule has 7 heteroatoms. The lowest BCUT2D eigenvalue weighted by atomic mass is 10.1. The van der Waals surface area contributed by atoms with E-state index in [0.29, 0.717) is 17.0 Å². The number of aromatic nitrogens is 4. The molecule has 0 saturated carbocycles. The van der Waals surface area contributed by atoms with E-state index in [4.69, 9.17) is 5.10 Å². The molecule has 0 aliphatic carbocycles. The lowest BCUT2D eigenvalue weighted by Crippen LogP contribution is -2.38. The molecule has 4 aromatic rings. The molecule has 6 nitrogen and oxygen atoms in total. The van der Waals surface area contributed by atoms with Crippen LogP contribution in [0.3, 0.4) is 0 Å². The molecule has 0 saturated heterocycles. The molecule has 5 rings (SSSR count). The van der Waals surface area contributed by atoms with Crippen molar-refractivity contribution >= 4 is 17.2 Å². The van der Waals surface area contributed by atoms with E-state index < -0.39 is 0 Å². The second kappa shape index (κ2) is 6.84. The summed E-state index contributed by atoms with van der Waals surface area (Å²) in [6, 6.07) is 19.1. The summed E-state index contributed by atoms with van der Waals surface area (Å²) in [7, 11) is 2.12. The first-order valence-electron chi connectivity index (χ1n) is 9.65. The third-order valence-electron chi connectivity index (χ3n) is 5.47. The summed E-state index contributed by atoms with van der Waals surface area (Å²) in [6.07, 6.45) is 0. The number of anilines is 2.